The molecule has 7 nitrogen and oxygen atoms in total. The van der Waals surface area contributed by atoms with Crippen LogP contribution in [0.2, 0.25) is 0 Å². The predicted molar refractivity (Wildman–Crippen MR) is 54.0 cm³/mol. The molecule has 0 amide bonds. The Hall–Kier alpha value is -1.86. The first-order chi connectivity index (χ1) is 7.81. The number of rotatable bonds is 4. The van der Waals surface area contributed by atoms with Gasteiger partial charge in [0.05, 0.1) is 0 Å². The van der Waals surface area contributed by atoms with E-state index in [0.717, 1.165) is 0 Å². The van der Waals surface area contributed by atoms with Crippen LogP contribution < -0.4 is 5.73 Å². The normalized spacial score (nSPS) is 12.6. The van der Waals surface area contributed by atoms with Crippen molar-refractivity contribution in [2.75, 3.05) is 6.54 Å². The Labute approximate surface area is 91.3 Å². The van der Waals surface area contributed by atoms with E-state index in [9.17, 15) is 5.11 Å². The van der Waals surface area contributed by atoms with E-state index in [1.807, 2.05) is 0 Å². The zero-order valence-corrected chi connectivity index (χ0v) is 8.45. The summed E-state index contributed by atoms with van der Waals surface area (Å²) in [6.45, 7) is 0.348. The van der Waals surface area contributed by atoms with Crippen molar-refractivity contribution >= 4 is 0 Å². The first-order valence-corrected chi connectivity index (χ1v) is 4.80. The van der Waals surface area contributed by atoms with Gasteiger partial charge in [-0.1, -0.05) is 5.16 Å². The van der Waals surface area contributed by atoms with Crippen molar-refractivity contribution in [3.8, 4) is 11.6 Å². The highest BCUT2D eigenvalue weighted by Crippen LogP contribution is 2.16. The summed E-state index contributed by atoms with van der Waals surface area (Å²) in [5.74, 6) is 0.747. The van der Waals surface area contributed by atoms with Gasteiger partial charge in [0, 0.05) is 12.4 Å². The summed E-state index contributed by atoms with van der Waals surface area (Å²) in [6, 6.07) is 1.69. The van der Waals surface area contributed by atoms with Crippen molar-refractivity contribution in [1.82, 2.24) is 20.1 Å². The molecule has 0 bridgehead atoms. The van der Waals surface area contributed by atoms with Crippen LogP contribution in [0.4, 0.5) is 0 Å². The molecule has 0 radical (unpaired) electrons. The van der Waals surface area contributed by atoms with Crippen molar-refractivity contribution in [1.29, 1.82) is 0 Å². The van der Waals surface area contributed by atoms with E-state index >= 15 is 0 Å². The van der Waals surface area contributed by atoms with Crippen molar-refractivity contribution in [2.45, 2.75) is 12.5 Å². The second kappa shape index (κ2) is 4.77. The number of hydrogen-bond acceptors (Lipinski definition) is 7. The quantitative estimate of drug-likeness (QED) is 0.741. The second-order valence-electron chi connectivity index (χ2n) is 3.12. The van der Waals surface area contributed by atoms with Gasteiger partial charge in [-0.15, -0.1) is 0 Å². The molecule has 84 valence electrons. The molecule has 0 aliphatic carbocycles. The maximum Gasteiger partial charge on any atom is 0.255 e. The monoisotopic (exact) mass is 221 g/mol. The third-order valence-electron chi connectivity index (χ3n) is 1.93. The van der Waals surface area contributed by atoms with Gasteiger partial charge in [-0.2, -0.15) is 4.98 Å². The number of aromatic nitrogens is 4. The highest BCUT2D eigenvalue weighted by Gasteiger charge is 2.16. The van der Waals surface area contributed by atoms with Gasteiger partial charge in [0.2, 0.25) is 11.6 Å². The molecule has 2 heterocycles. The molecule has 3 N–H and O–H groups in total. The highest BCUT2D eigenvalue weighted by molar-refractivity contribution is 5.40. The number of nitrogens with zero attached hydrogens (tertiary/aromatic N) is 4. The van der Waals surface area contributed by atoms with Gasteiger partial charge >= 0.3 is 0 Å². The lowest BCUT2D eigenvalue weighted by molar-refractivity contribution is 0.127. The second-order valence-corrected chi connectivity index (χ2v) is 3.12. The zero-order valence-electron chi connectivity index (χ0n) is 8.45. The standard InChI is InChI=1S/C9H11N5O2/c10-3-2-6(15)9-13-8(14-16-9)7-11-4-1-5-12-7/h1,4-6,15H,2-3,10H2/t6-/m0/s1. The minimum absolute atomic E-state index is 0.132. The maximum atomic E-state index is 9.56. The maximum absolute atomic E-state index is 9.56. The molecule has 0 aliphatic rings. The van der Waals surface area contributed by atoms with Crippen molar-refractivity contribution in [2.24, 2.45) is 5.73 Å². The molecule has 2 aromatic rings. The Balaban J connectivity index is 2.20. The summed E-state index contributed by atoms with van der Waals surface area (Å²) >= 11 is 0. The average Bonchev–Trinajstić information content (AvgIpc) is 2.80. The van der Waals surface area contributed by atoms with Crippen LogP contribution in [0.15, 0.2) is 23.0 Å². The minimum Gasteiger partial charge on any atom is -0.383 e. The molecule has 0 saturated heterocycles. The smallest absolute Gasteiger partial charge is 0.255 e. The van der Waals surface area contributed by atoms with Crippen molar-refractivity contribution in [3.05, 3.63) is 24.4 Å². The molecule has 0 aromatic carbocycles. The molecule has 16 heavy (non-hydrogen) atoms. The van der Waals surface area contributed by atoms with Gasteiger partial charge in [-0.05, 0) is 19.0 Å². The van der Waals surface area contributed by atoms with Gasteiger partial charge in [0.1, 0.15) is 6.10 Å². The van der Waals surface area contributed by atoms with E-state index in [-0.39, 0.29) is 11.7 Å². The molecule has 0 unspecified atom stereocenters. The van der Waals surface area contributed by atoms with Crippen molar-refractivity contribution in [3.63, 3.8) is 0 Å². The summed E-state index contributed by atoms with van der Waals surface area (Å²) in [5, 5.41) is 13.2. The summed E-state index contributed by atoms with van der Waals surface area (Å²) in [4.78, 5) is 11.9. The van der Waals surface area contributed by atoms with Crippen LogP contribution in [-0.4, -0.2) is 31.8 Å². The van der Waals surface area contributed by atoms with E-state index in [1.54, 1.807) is 18.5 Å². The molecular weight excluding hydrogens is 210 g/mol. The van der Waals surface area contributed by atoms with E-state index in [1.165, 1.54) is 0 Å². The van der Waals surface area contributed by atoms with E-state index < -0.39 is 6.10 Å². The Bertz CT molecular complexity index is 444. The van der Waals surface area contributed by atoms with Gasteiger partial charge < -0.3 is 15.4 Å². The fourth-order valence-electron chi connectivity index (χ4n) is 1.16. The highest BCUT2D eigenvalue weighted by atomic mass is 16.5. The number of aliphatic hydroxyl groups is 1. The van der Waals surface area contributed by atoms with Gasteiger partial charge in [-0.25, -0.2) is 9.97 Å². The van der Waals surface area contributed by atoms with Crippen LogP contribution in [0.3, 0.4) is 0 Å². The summed E-state index contributed by atoms with van der Waals surface area (Å²) in [7, 11) is 0. The third-order valence-corrected chi connectivity index (χ3v) is 1.93. The Morgan fingerprint density at radius 2 is 2.06 bits per heavy atom. The van der Waals surface area contributed by atoms with Crippen LogP contribution in [0.1, 0.15) is 18.4 Å². The lowest BCUT2D eigenvalue weighted by Gasteiger charge is -2.00. The molecule has 2 aromatic heterocycles. The Morgan fingerprint density at radius 1 is 1.31 bits per heavy atom. The molecule has 2 rings (SSSR count). The molecule has 0 aliphatic heterocycles. The van der Waals surface area contributed by atoms with Crippen LogP contribution in [-0.2, 0) is 0 Å². The minimum atomic E-state index is -0.838. The van der Waals surface area contributed by atoms with E-state index in [4.69, 9.17) is 10.3 Å². The number of hydrogen-bond donors (Lipinski definition) is 2. The number of nitrogens with two attached hydrogens (primary N) is 1. The van der Waals surface area contributed by atoms with E-state index in [2.05, 4.69) is 20.1 Å². The fourth-order valence-corrected chi connectivity index (χ4v) is 1.16. The van der Waals surface area contributed by atoms with Gasteiger partial charge in [0.15, 0.2) is 0 Å². The molecule has 1 atom stereocenters. The van der Waals surface area contributed by atoms with Gasteiger partial charge in [-0.3, -0.25) is 0 Å². The zero-order chi connectivity index (χ0) is 11.4. The molecule has 0 saturated carbocycles. The molecule has 0 spiro atoms. The molecule has 7 heteroatoms. The Morgan fingerprint density at radius 3 is 2.75 bits per heavy atom. The van der Waals surface area contributed by atoms with Gasteiger partial charge in [0.25, 0.3) is 5.89 Å². The van der Waals surface area contributed by atoms with Crippen LogP contribution in [0, 0.1) is 0 Å². The lowest BCUT2D eigenvalue weighted by Crippen LogP contribution is -2.06. The summed E-state index contributed by atoms with van der Waals surface area (Å²) in [5.41, 5.74) is 5.31. The van der Waals surface area contributed by atoms with E-state index in [0.29, 0.717) is 18.8 Å². The average molecular weight is 221 g/mol. The number of aliphatic hydroxyl groups excluding tert-OH is 1. The molecule has 0 fully saturated rings. The lowest BCUT2D eigenvalue weighted by atomic mass is 10.2. The largest absolute Gasteiger partial charge is 0.383 e. The van der Waals surface area contributed by atoms with Crippen LogP contribution >= 0.6 is 0 Å². The summed E-state index contributed by atoms with van der Waals surface area (Å²) < 4.78 is 4.89. The van der Waals surface area contributed by atoms with Crippen molar-refractivity contribution < 1.29 is 9.63 Å². The third kappa shape index (κ3) is 2.20. The van der Waals surface area contributed by atoms with Crippen LogP contribution in [0.25, 0.3) is 11.6 Å². The van der Waals surface area contributed by atoms with Crippen LogP contribution in [0.5, 0.6) is 0 Å². The molecular formula is C9H11N5O2. The topological polar surface area (TPSA) is 111 Å². The first-order valence-electron chi connectivity index (χ1n) is 4.80. The predicted octanol–water partition coefficient (Wildman–Crippen LogP) is -0.0912. The SMILES string of the molecule is NCC[C@H](O)c1nc(-c2ncccn2)no1. The first kappa shape index (κ1) is 10.7. The Kier molecular flexibility index (Phi) is 3.18. The fraction of sp³-hybridized carbons (Fsp3) is 0.333. The summed E-state index contributed by atoms with van der Waals surface area (Å²) in [6.07, 6.45) is 2.69.